The Labute approximate surface area is 175 Å². The maximum Gasteiger partial charge on any atom is 0.432 e. The van der Waals surface area contributed by atoms with Gasteiger partial charge < -0.3 is 10.1 Å². The molecule has 4 nitrogen and oxygen atoms in total. The Morgan fingerprint density at radius 1 is 1.17 bits per heavy atom. The third kappa shape index (κ3) is 6.83. The number of nitrogens with one attached hydrogen (secondary N) is 2. The molecule has 2 rings (SSSR count). The van der Waals surface area contributed by atoms with Crippen LogP contribution in [0.15, 0.2) is 54.6 Å². The first-order chi connectivity index (χ1) is 13.7. The van der Waals surface area contributed by atoms with Gasteiger partial charge in [-0.2, -0.15) is 24.9 Å². The lowest BCUT2D eigenvalue weighted by atomic mass is 10.1. The maximum atomic E-state index is 12.9. The molecule has 0 fully saturated rings. The number of carbonyl (C=O) groups is 1. The Morgan fingerprint density at radius 3 is 2.38 bits per heavy atom. The predicted molar refractivity (Wildman–Crippen MR) is 112 cm³/mol. The van der Waals surface area contributed by atoms with Gasteiger partial charge in [-0.05, 0) is 42.2 Å². The Hall–Kier alpha value is -2.45. The van der Waals surface area contributed by atoms with Gasteiger partial charge in [-0.15, -0.1) is 0 Å². The second kappa shape index (κ2) is 10.4. The van der Waals surface area contributed by atoms with Crippen molar-refractivity contribution in [1.82, 2.24) is 0 Å². The van der Waals surface area contributed by atoms with Gasteiger partial charge in [-0.3, -0.25) is 5.41 Å². The highest BCUT2D eigenvalue weighted by atomic mass is 35.5. The van der Waals surface area contributed by atoms with E-state index in [2.05, 4.69) is 5.32 Å². The zero-order valence-electron chi connectivity index (χ0n) is 15.3. The number of benzene rings is 2. The molecular formula is C20H18ClF3N2O2S. The highest BCUT2D eigenvalue weighted by Gasteiger charge is 2.33. The third-order valence-corrected chi connectivity index (χ3v) is 4.59. The topological polar surface area (TPSA) is 62.2 Å². The SMILES string of the molecule is CSCCOC(=O)c1ccc(/C(=C/C(=N)C(F)(F)F)Nc2ccccc2Cl)cc1. The van der Waals surface area contributed by atoms with Crippen molar-refractivity contribution in [3.05, 3.63) is 70.8 Å². The number of halogens is 4. The largest absolute Gasteiger partial charge is 0.461 e. The van der Waals surface area contributed by atoms with Crippen LogP contribution in [0.5, 0.6) is 0 Å². The van der Waals surface area contributed by atoms with Crippen LogP contribution in [-0.4, -0.2) is 36.5 Å². The van der Waals surface area contributed by atoms with Crippen LogP contribution in [0, 0.1) is 5.41 Å². The van der Waals surface area contributed by atoms with Crippen molar-refractivity contribution in [2.45, 2.75) is 6.18 Å². The second-order valence-corrected chi connectivity index (χ2v) is 7.17. The first kappa shape index (κ1) is 22.8. The Balaban J connectivity index is 2.31. The number of rotatable bonds is 8. The number of esters is 1. The predicted octanol–water partition coefficient (Wildman–Crippen LogP) is 5.89. The van der Waals surface area contributed by atoms with E-state index in [0.29, 0.717) is 28.1 Å². The fourth-order valence-corrected chi connectivity index (χ4v) is 2.65. The van der Waals surface area contributed by atoms with Gasteiger partial charge in [-0.25, -0.2) is 4.79 Å². The van der Waals surface area contributed by atoms with Crippen LogP contribution in [-0.2, 0) is 4.74 Å². The summed E-state index contributed by atoms with van der Waals surface area (Å²) in [5, 5.41) is 10.4. The zero-order chi connectivity index (χ0) is 21.4. The van der Waals surface area contributed by atoms with Crippen LogP contribution in [0.2, 0.25) is 5.02 Å². The molecule has 2 N–H and O–H groups in total. The molecule has 0 saturated heterocycles. The summed E-state index contributed by atoms with van der Waals surface area (Å²) in [4.78, 5) is 12.0. The van der Waals surface area contributed by atoms with Crippen molar-refractivity contribution in [2.24, 2.45) is 0 Å². The van der Waals surface area contributed by atoms with Crippen LogP contribution in [0.25, 0.3) is 5.70 Å². The van der Waals surface area contributed by atoms with Crippen LogP contribution in [0.4, 0.5) is 18.9 Å². The first-order valence-corrected chi connectivity index (χ1v) is 10.1. The molecular weight excluding hydrogens is 425 g/mol. The van der Waals surface area contributed by atoms with E-state index in [-0.39, 0.29) is 17.9 Å². The van der Waals surface area contributed by atoms with E-state index in [1.165, 1.54) is 36.0 Å². The van der Waals surface area contributed by atoms with E-state index in [1.807, 2.05) is 6.26 Å². The molecule has 0 unspecified atom stereocenters. The number of allylic oxidation sites excluding steroid dienone is 1. The standard InChI is InChI=1S/C20H18ClF3N2O2S/c1-29-11-10-28-19(27)14-8-6-13(7-9-14)17(12-18(25)20(22,23)24)26-16-5-3-2-4-15(16)21/h2-9,12,25-26H,10-11H2,1H3/b17-12-,25-18?. The van der Waals surface area contributed by atoms with Gasteiger partial charge in [0.05, 0.1) is 16.3 Å². The molecule has 2 aromatic carbocycles. The quantitative estimate of drug-likeness (QED) is 0.304. The van der Waals surface area contributed by atoms with E-state index < -0.39 is 17.9 Å². The Kier molecular flexibility index (Phi) is 8.16. The summed E-state index contributed by atoms with van der Waals surface area (Å²) in [6, 6.07) is 12.4. The minimum atomic E-state index is -4.80. The van der Waals surface area contributed by atoms with Crippen molar-refractivity contribution < 1.29 is 22.7 Å². The molecule has 154 valence electrons. The Bertz CT molecular complexity index is 899. The maximum absolute atomic E-state index is 12.9. The van der Waals surface area contributed by atoms with Gasteiger partial charge in [0.25, 0.3) is 0 Å². The van der Waals surface area contributed by atoms with E-state index in [0.717, 1.165) is 0 Å². The number of ether oxygens (including phenoxy) is 1. The lowest BCUT2D eigenvalue weighted by molar-refractivity contribution is -0.0583. The van der Waals surface area contributed by atoms with Crippen molar-refractivity contribution in [1.29, 1.82) is 5.41 Å². The summed E-state index contributed by atoms with van der Waals surface area (Å²) in [6.07, 6.45) is -2.23. The van der Waals surface area contributed by atoms with Crippen molar-refractivity contribution >= 4 is 46.4 Å². The van der Waals surface area contributed by atoms with Crippen molar-refractivity contribution in [2.75, 3.05) is 23.9 Å². The van der Waals surface area contributed by atoms with Crippen LogP contribution >= 0.6 is 23.4 Å². The summed E-state index contributed by atoms with van der Waals surface area (Å²) in [5.41, 5.74) is -0.497. The molecule has 0 amide bonds. The van der Waals surface area contributed by atoms with Crippen molar-refractivity contribution in [3.8, 4) is 0 Å². The number of anilines is 1. The van der Waals surface area contributed by atoms with E-state index in [9.17, 15) is 18.0 Å². The summed E-state index contributed by atoms with van der Waals surface area (Å²) < 4.78 is 43.7. The molecule has 0 spiro atoms. The molecule has 0 aliphatic rings. The monoisotopic (exact) mass is 442 g/mol. The van der Waals surface area contributed by atoms with Crippen molar-refractivity contribution in [3.63, 3.8) is 0 Å². The third-order valence-electron chi connectivity index (χ3n) is 3.69. The van der Waals surface area contributed by atoms with E-state index in [4.69, 9.17) is 21.7 Å². The van der Waals surface area contributed by atoms with Crippen LogP contribution in [0.3, 0.4) is 0 Å². The number of alkyl halides is 3. The second-order valence-electron chi connectivity index (χ2n) is 5.78. The minimum absolute atomic E-state index is 0.0164. The summed E-state index contributed by atoms with van der Waals surface area (Å²) in [7, 11) is 0. The molecule has 0 heterocycles. The molecule has 9 heteroatoms. The summed E-state index contributed by atoms with van der Waals surface area (Å²) in [5.74, 6) is 0.149. The molecule has 0 saturated carbocycles. The molecule has 0 aromatic heterocycles. The summed E-state index contributed by atoms with van der Waals surface area (Å²) in [6.45, 7) is 0.268. The fraction of sp³-hybridized carbons (Fsp3) is 0.200. The Morgan fingerprint density at radius 2 is 1.79 bits per heavy atom. The fourth-order valence-electron chi connectivity index (χ4n) is 2.21. The van der Waals surface area contributed by atoms with Gasteiger partial charge in [0.1, 0.15) is 12.3 Å². The zero-order valence-corrected chi connectivity index (χ0v) is 16.9. The number of carbonyl (C=O) groups excluding carboxylic acids is 1. The highest BCUT2D eigenvalue weighted by molar-refractivity contribution is 7.98. The van der Waals surface area contributed by atoms with Crippen LogP contribution < -0.4 is 5.32 Å². The average Bonchev–Trinajstić information content (AvgIpc) is 2.68. The number of hydrogen-bond acceptors (Lipinski definition) is 5. The summed E-state index contributed by atoms with van der Waals surface area (Å²) >= 11 is 7.62. The first-order valence-electron chi connectivity index (χ1n) is 8.38. The molecule has 29 heavy (non-hydrogen) atoms. The normalized spacial score (nSPS) is 11.8. The molecule has 2 aromatic rings. The van der Waals surface area contributed by atoms with Gasteiger partial charge in [0, 0.05) is 11.4 Å². The van der Waals surface area contributed by atoms with Gasteiger partial charge in [-0.1, -0.05) is 35.9 Å². The molecule has 0 radical (unpaired) electrons. The van der Waals surface area contributed by atoms with Gasteiger partial charge in [0.2, 0.25) is 0 Å². The van der Waals surface area contributed by atoms with E-state index in [1.54, 1.807) is 24.3 Å². The number of thioether (sulfide) groups is 1. The van der Waals surface area contributed by atoms with Gasteiger partial charge in [0.15, 0.2) is 0 Å². The average molecular weight is 443 g/mol. The lowest BCUT2D eigenvalue weighted by Crippen LogP contribution is -2.20. The number of para-hydroxylation sites is 1. The van der Waals surface area contributed by atoms with E-state index >= 15 is 0 Å². The van der Waals surface area contributed by atoms with Crippen LogP contribution in [0.1, 0.15) is 15.9 Å². The highest BCUT2D eigenvalue weighted by Crippen LogP contribution is 2.27. The molecule has 0 atom stereocenters. The van der Waals surface area contributed by atoms with Gasteiger partial charge >= 0.3 is 12.1 Å². The molecule has 0 aliphatic carbocycles. The smallest absolute Gasteiger partial charge is 0.432 e. The molecule has 0 aliphatic heterocycles. The minimum Gasteiger partial charge on any atom is -0.461 e. The number of hydrogen-bond donors (Lipinski definition) is 2. The lowest BCUT2D eigenvalue weighted by Gasteiger charge is -2.15. The molecule has 0 bridgehead atoms.